The lowest BCUT2D eigenvalue weighted by atomic mass is 9.80. The Morgan fingerprint density at radius 1 is 0.967 bits per heavy atom. The summed E-state index contributed by atoms with van der Waals surface area (Å²) in [6.45, 7) is 10.4. The van der Waals surface area contributed by atoms with Gasteiger partial charge in [-0.1, -0.05) is 96.1 Å². The standard InChI is InChI=1S/C44H53FN7O7P/c1-27(2)40(53)49-43-48-39-37(41(54)50-43)47-26-51(39)42-38(52(24-12-23-46)60(55,28(3)4)29(5)6)36(45)35(59-42)25-58-44(30-13-10-9-11-14-30,31-15-19-33(56-7)20-16-31)32-17-21-34(57-8)22-18-32/h9-11,13-22,26-29,35-36,38,42H,12,24-25H2,1-8H3,(H2,48,49,50,53,54)/t35-,36+,38-,42-/m1/s1. The van der Waals surface area contributed by atoms with Gasteiger partial charge in [-0.05, 0) is 41.0 Å². The minimum absolute atomic E-state index is 0.0147. The molecule has 318 valence electrons. The average molecular weight is 842 g/mol. The Morgan fingerprint density at radius 3 is 2.05 bits per heavy atom. The highest BCUT2D eigenvalue weighted by Crippen LogP contribution is 2.61. The van der Waals surface area contributed by atoms with E-state index in [4.69, 9.17) is 18.9 Å². The van der Waals surface area contributed by atoms with Crippen molar-refractivity contribution in [2.75, 3.05) is 32.7 Å². The maximum atomic E-state index is 18.0. The number of anilines is 1. The molecule has 2 N–H and O–H groups in total. The fourth-order valence-corrected chi connectivity index (χ4v) is 11.4. The maximum Gasteiger partial charge on any atom is 0.280 e. The number of benzene rings is 3. The number of hydrogen-bond donors (Lipinski definition) is 2. The van der Waals surface area contributed by atoms with Crippen LogP contribution in [-0.2, 0) is 24.4 Å². The number of carbonyl (C=O) groups is 1. The molecule has 0 unspecified atom stereocenters. The molecule has 2 aromatic heterocycles. The van der Waals surface area contributed by atoms with Gasteiger partial charge in [0.1, 0.15) is 29.4 Å². The second-order valence-electron chi connectivity index (χ2n) is 15.6. The lowest BCUT2D eigenvalue weighted by Crippen LogP contribution is -2.47. The molecular weight excluding hydrogens is 788 g/mol. The van der Waals surface area contributed by atoms with E-state index >= 15 is 8.96 Å². The third kappa shape index (κ3) is 8.34. The van der Waals surface area contributed by atoms with Gasteiger partial charge in [0.15, 0.2) is 24.7 Å². The number of fused-ring (bicyclic) bond motifs is 1. The third-order valence-corrected chi connectivity index (χ3v) is 15.3. The minimum Gasteiger partial charge on any atom is -0.497 e. The first-order chi connectivity index (χ1) is 28.7. The Balaban J connectivity index is 1.52. The molecule has 0 saturated carbocycles. The van der Waals surface area contributed by atoms with Crippen molar-refractivity contribution in [1.29, 1.82) is 5.26 Å². The number of halogens is 1. The summed E-state index contributed by atoms with van der Waals surface area (Å²) in [6, 6.07) is 25.3. The zero-order valence-electron chi connectivity index (χ0n) is 35.2. The number of ether oxygens (including phenoxy) is 4. The Bertz CT molecular complexity index is 2340. The van der Waals surface area contributed by atoms with E-state index in [1.54, 1.807) is 32.7 Å². The first kappa shape index (κ1) is 44.2. The summed E-state index contributed by atoms with van der Waals surface area (Å²) >= 11 is 0. The Labute approximate surface area is 349 Å². The van der Waals surface area contributed by atoms with Crippen LogP contribution in [0, 0.1) is 17.2 Å². The molecule has 4 atom stereocenters. The molecule has 1 aliphatic heterocycles. The molecule has 14 nitrogen and oxygen atoms in total. The number of aromatic amines is 1. The molecule has 5 aromatic rings. The molecule has 1 amide bonds. The van der Waals surface area contributed by atoms with Crippen molar-refractivity contribution in [2.45, 2.75) is 89.4 Å². The fourth-order valence-electron chi connectivity index (χ4n) is 7.97. The van der Waals surface area contributed by atoms with Crippen molar-refractivity contribution in [1.82, 2.24) is 24.2 Å². The van der Waals surface area contributed by atoms with E-state index in [0.717, 1.165) is 16.7 Å². The van der Waals surface area contributed by atoms with Crippen molar-refractivity contribution in [2.24, 2.45) is 5.92 Å². The molecule has 0 radical (unpaired) electrons. The molecule has 0 aliphatic carbocycles. The summed E-state index contributed by atoms with van der Waals surface area (Å²) in [5, 5.41) is 12.4. The van der Waals surface area contributed by atoms with Crippen LogP contribution >= 0.6 is 7.29 Å². The van der Waals surface area contributed by atoms with Gasteiger partial charge in [-0.15, -0.1) is 0 Å². The van der Waals surface area contributed by atoms with Crippen LogP contribution in [0.4, 0.5) is 10.3 Å². The van der Waals surface area contributed by atoms with Crippen LogP contribution in [0.2, 0.25) is 0 Å². The van der Waals surface area contributed by atoms with Crippen LogP contribution in [0.1, 0.15) is 70.9 Å². The van der Waals surface area contributed by atoms with E-state index in [1.807, 2.05) is 107 Å². The van der Waals surface area contributed by atoms with Crippen LogP contribution in [0.25, 0.3) is 11.2 Å². The zero-order chi connectivity index (χ0) is 43.4. The number of carbonyl (C=O) groups excluding carboxylic acids is 1. The number of rotatable bonds is 17. The van der Waals surface area contributed by atoms with Crippen LogP contribution in [0.15, 0.2) is 90.0 Å². The fraction of sp³-hybridized carbons (Fsp3) is 0.432. The summed E-state index contributed by atoms with van der Waals surface area (Å²) in [4.78, 5) is 37.5. The van der Waals surface area contributed by atoms with Gasteiger partial charge in [0.05, 0.1) is 39.3 Å². The SMILES string of the molecule is COc1ccc(C(OC[C@H]2O[C@@H](n3cnc4c(=O)[nH]c(NC(=O)C(C)C)nc43)[C@H](N(CCC#N)P(=O)(C(C)C)C(C)C)[C@H]2F)(c2ccccc2)c2ccc(OC)cc2)cc1. The topological polar surface area (TPSA) is 174 Å². The normalized spacial score (nSPS) is 18.4. The highest BCUT2D eigenvalue weighted by atomic mass is 31.2. The predicted octanol–water partition coefficient (Wildman–Crippen LogP) is 7.65. The van der Waals surface area contributed by atoms with Gasteiger partial charge in [0.25, 0.3) is 5.56 Å². The molecule has 3 heterocycles. The van der Waals surface area contributed by atoms with E-state index < -0.39 is 60.2 Å². The van der Waals surface area contributed by atoms with E-state index in [2.05, 4.69) is 26.3 Å². The monoisotopic (exact) mass is 841 g/mol. The number of aromatic nitrogens is 4. The Kier molecular flexibility index (Phi) is 13.6. The lowest BCUT2D eigenvalue weighted by molar-refractivity contribution is -0.118. The summed E-state index contributed by atoms with van der Waals surface area (Å²) in [5.41, 5.74) is -0.655. The average Bonchev–Trinajstić information content (AvgIpc) is 3.82. The highest BCUT2D eigenvalue weighted by molar-refractivity contribution is 7.62. The molecule has 6 rings (SSSR count). The number of alkyl halides is 1. The number of nitrogens with one attached hydrogen (secondary N) is 2. The van der Waals surface area contributed by atoms with Gasteiger partial charge in [-0.2, -0.15) is 10.2 Å². The molecule has 3 aromatic carbocycles. The second kappa shape index (κ2) is 18.5. The molecule has 1 saturated heterocycles. The van der Waals surface area contributed by atoms with Crippen molar-refractivity contribution < 1.29 is 32.7 Å². The number of H-pyrrole nitrogens is 1. The van der Waals surface area contributed by atoms with E-state index in [9.17, 15) is 14.9 Å². The van der Waals surface area contributed by atoms with Crippen molar-refractivity contribution >= 4 is 30.3 Å². The van der Waals surface area contributed by atoms with Crippen LogP contribution in [0.3, 0.4) is 0 Å². The van der Waals surface area contributed by atoms with Gasteiger partial charge < -0.3 is 23.5 Å². The number of amides is 1. The van der Waals surface area contributed by atoms with E-state index in [-0.39, 0.29) is 42.6 Å². The largest absolute Gasteiger partial charge is 0.497 e. The van der Waals surface area contributed by atoms with Crippen molar-refractivity contribution in [3.8, 4) is 17.6 Å². The number of hydrogen-bond acceptors (Lipinski definition) is 10. The van der Waals surface area contributed by atoms with E-state index in [1.165, 1.54) is 10.9 Å². The molecule has 0 spiro atoms. The first-order valence-electron chi connectivity index (χ1n) is 20.0. The first-order valence-corrected chi connectivity index (χ1v) is 21.8. The summed E-state index contributed by atoms with van der Waals surface area (Å²) in [6.07, 6.45) is -3.11. The molecule has 1 fully saturated rings. The molecular formula is C44H53FN7O7P. The smallest absolute Gasteiger partial charge is 0.280 e. The lowest BCUT2D eigenvalue weighted by Gasteiger charge is -2.42. The molecule has 16 heteroatoms. The van der Waals surface area contributed by atoms with Crippen molar-refractivity contribution in [3.63, 3.8) is 0 Å². The number of nitrogens with zero attached hydrogens (tertiary/aromatic N) is 5. The number of nitriles is 1. The third-order valence-electron chi connectivity index (χ3n) is 11.1. The van der Waals surface area contributed by atoms with Gasteiger partial charge >= 0.3 is 0 Å². The van der Waals surface area contributed by atoms with Gasteiger partial charge in [-0.25, -0.2) is 14.0 Å². The molecule has 0 bridgehead atoms. The summed E-state index contributed by atoms with van der Waals surface area (Å²) in [7, 11) is -0.290. The van der Waals surface area contributed by atoms with Gasteiger partial charge in [0.2, 0.25) is 11.9 Å². The van der Waals surface area contributed by atoms with Crippen LogP contribution < -0.4 is 20.3 Å². The van der Waals surface area contributed by atoms with Gasteiger partial charge in [0, 0.05) is 30.2 Å². The number of imidazole rings is 1. The van der Waals surface area contributed by atoms with Crippen LogP contribution in [0.5, 0.6) is 11.5 Å². The molecule has 1 aliphatic rings. The second-order valence-corrected chi connectivity index (χ2v) is 19.6. The molecule has 60 heavy (non-hydrogen) atoms. The maximum absolute atomic E-state index is 18.0. The van der Waals surface area contributed by atoms with E-state index in [0.29, 0.717) is 11.5 Å². The highest BCUT2D eigenvalue weighted by Gasteiger charge is 2.55. The van der Waals surface area contributed by atoms with Crippen LogP contribution in [-0.4, -0.2) is 87.1 Å². The Hall–Kier alpha value is -5.39. The summed E-state index contributed by atoms with van der Waals surface area (Å²) < 4.78 is 61.1. The quantitative estimate of drug-likeness (QED) is 0.0695. The van der Waals surface area contributed by atoms with Gasteiger partial charge in [-0.3, -0.25) is 24.5 Å². The Morgan fingerprint density at radius 2 is 1.53 bits per heavy atom. The predicted molar refractivity (Wildman–Crippen MR) is 227 cm³/mol. The van der Waals surface area contributed by atoms with Crippen molar-refractivity contribution in [3.05, 3.63) is 112 Å². The zero-order valence-corrected chi connectivity index (χ0v) is 36.1. The minimum atomic E-state index is -3.46. The number of methoxy groups -OCH3 is 2. The summed E-state index contributed by atoms with van der Waals surface area (Å²) in [5.74, 6) is 0.344.